The van der Waals surface area contributed by atoms with Crippen molar-refractivity contribution >= 4 is 38.9 Å². The number of halogens is 3. The zero-order chi connectivity index (χ0) is 20.2. The molecule has 1 amide bonds. The van der Waals surface area contributed by atoms with Crippen LogP contribution >= 0.6 is 11.6 Å². The van der Waals surface area contributed by atoms with Gasteiger partial charge in [-0.1, -0.05) is 17.7 Å². The lowest BCUT2D eigenvalue weighted by Gasteiger charge is -2.22. The zero-order valence-electron chi connectivity index (χ0n) is 14.8. The Balaban J connectivity index is 2.02. The average molecular weight is 417 g/mol. The van der Waals surface area contributed by atoms with E-state index < -0.39 is 21.7 Å². The van der Waals surface area contributed by atoms with Gasteiger partial charge in [-0.15, -0.1) is 0 Å². The Labute approximate surface area is 162 Å². The quantitative estimate of drug-likeness (QED) is 0.738. The fraction of sp³-hybridized carbons (Fsp3) is 0.278. The molecule has 0 atom stereocenters. The molecule has 0 saturated heterocycles. The molecule has 0 spiro atoms. The number of amides is 1. The average Bonchev–Trinajstić information content (AvgIpc) is 2.56. The topological polar surface area (TPSA) is 66.5 Å². The van der Waals surface area contributed by atoms with E-state index in [9.17, 15) is 22.0 Å². The number of aryl methyl sites for hydroxylation is 1. The Hall–Kier alpha value is -2.19. The van der Waals surface area contributed by atoms with Gasteiger partial charge in [0, 0.05) is 29.7 Å². The minimum absolute atomic E-state index is 0.00231. The molecule has 0 aliphatic rings. The molecule has 0 saturated carbocycles. The summed E-state index contributed by atoms with van der Waals surface area (Å²) in [6.45, 7) is 1.77. The van der Waals surface area contributed by atoms with Crippen LogP contribution in [0.1, 0.15) is 18.4 Å². The van der Waals surface area contributed by atoms with Crippen molar-refractivity contribution in [2.75, 3.05) is 22.4 Å². The molecule has 2 rings (SSSR count). The summed E-state index contributed by atoms with van der Waals surface area (Å²) in [6, 6.07) is 7.95. The number of hydrogen-bond acceptors (Lipinski definition) is 3. The Morgan fingerprint density at radius 2 is 1.85 bits per heavy atom. The molecular weight excluding hydrogens is 398 g/mol. The first-order valence-electron chi connectivity index (χ1n) is 8.06. The summed E-state index contributed by atoms with van der Waals surface area (Å²) in [5.41, 5.74) is 1.42. The van der Waals surface area contributed by atoms with Crippen molar-refractivity contribution in [1.29, 1.82) is 0 Å². The van der Waals surface area contributed by atoms with Crippen LogP contribution in [0.2, 0.25) is 5.02 Å². The number of carbonyl (C=O) groups is 1. The standard InChI is InChI=1S/C18H19ClF2N2O3S/c1-12-5-6-13(19)10-17(12)22-18(24)4-3-9-23(27(2,25)26)14-7-8-15(20)16(21)11-14/h5-8,10-11H,3-4,9H2,1-2H3,(H,22,24). The number of carbonyl (C=O) groups excluding carboxylic acids is 1. The molecule has 1 N–H and O–H groups in total. The molecule has 146 valence electrons. The van der Waals surface area contributed by atoms with Gasteiger partial charge in [0.1, 0.15) is 0 Å². The van der Waals surface area contributed by atoms with Crippen LogP contribution in [0.5, 0.6) is 0 Å². The fourth-order valence-corrected chi connectivity index (χ4v) is 3.58. The predicted molar refractivity (Wildman–Crippen MR) is 103 cm³/mol. The van der Waals surface area contributed by atoms with E-state index in [0.29, 0.717) is 10.7 Å². The number of nitrogens with one attached hydrogen (secondary N) is 1. The maximum Gasteiger partial charge on any atom is 0.232 e. The second kappa shape index (κ2) is 8.67. The molecule has 0 aliphatic carbocycles. The SMILES string of the molecule is Cc1ccc(Cl)cc1NC(=O)CCCN(c1ccc(F)c(F)c1)S(C)(=O)=O. The second-order valence-electron chi connectivity index (χ2n) is 6.04. The number of anilines is 2. The number of sulfonamides is 1. The minimum Gasteiger partial charge on any atom is -0.326 e. The number of nitrogens with zero attached hydrogens (tertiary/aromatic N) is 1. The van der Waals surface area contributed by atoms with Gasteiger partial charge in [0.25, 0.3) is 0 Å². The molecular formula is C18H19ClF2N2O3S. The highest BCUT2D eigenvalue weighted by molar-refractivity contribution is 7.92. The summed E-state index contributed by atoms with van der Waals surface area (Å²) in [5.74, 6) is -2.52. The Morgan fingerprint density at radius 3 is 2.48 bits per heavy atom. The fourth-order valence-electron chi connectivity index (χ4n) is 2.45. The number of rotatable bonds is 7. The first-order valence-corrected chi connectivity index (χ1v) is 10.3. The van der Waals surface area contributed by atoms with Gasteiger partial charge in [0.2, 0.25) is 15.9 Å². The maximum absolute atomic E-state index is 13.4. The number of hydrogen-bond donors (Lipinski definition) is 1. The van der Waals surface area contributed by atoms with Crippen molar-refractivity contribution in [1.82, 2.24) is 0 Å². The van der Waals surface area contributed by atoms with Gasteiger partial charge in [-0.3, -0.25) is 9.10 Å². The third-order valence-corrected chi connectivity index (χ3v) is 5.26. The van der Waals surface area contributed by atoms with E-state index in [1.54, 1.807) is 18.2 Å². The van der Waals surface area contributed by atoms with Crippen molar-refractivity contribution in [3.63, 3.8) is 0 Å². The molecule has 27 heavy (non-hydrogen) atoms. The third-order valence-electron chi connectivity index (χ3n) is 3.83. The van der Waals surface area contributed by atoms with E-state index in [1.807, 2.05) is 6.92 Å². The largest absolute Gasteiger partial charge is 0.326 e. The van der Waals surface area contributed by atoms with Crippen LogP contribution in [0.25, 0.3) is 0 Å². The summed E-state index contributed by atoms with van der Waals surface area (Å²) >= 11 is 5.91. The number of benzene rings is 2. The molecule has 0 aromatic heterocycles. The van der Waals surface area contributed by atoms with Crippen LogP contribution in [-0.2, 0) is 14.8 Å². The van der Waals surface area contributed by atoms with E-state index >= 15 is 0 Å². The Morgan fingerprint density at radius 1 is 1.15 bits per heavy atom. The molecule has 5 nitrogen and oxygen atoms in total. The van der Waals surface area contributed by atoms with E-state index in [4.69, 9.17) is 11.6 Å². The van der Waals surface area contributed by atoms with Crippen molar-refractivity contribution in [2.45, 2.75) is 19.8 Å². The molecule has 2 aromatic carbocycles. The lowest BCUT2D eigenvalue weighted by molar-refractivity contribution is -0.116. The normalized spacial score (nSPS) is 11.3. The molecule has 0 fully saturated rings. The zero-order valence-corrected chi connectivity index (χ0v) is 16.4. The van der Waals surface area contributed by atoms with E-state index in [-0.39, 0.29) is 31.0 Å². The van der Waals surface area contributed by atoms with Crippen molar-refractivity contribution in [2.24, 2.45) is 0 Å². The summed E-state index contributed by atoms with van der Waals surface area (Å²) in [5, 5.41) is 3.20. The lowest BCUT2D eigenvalue weighted by Crippen LogP contribution is -2.31. The second-order valence-corrected chi connectivity index (χ2v) is 8.39. The van der Waals surface area contributed by atoms with Crippen molar-refractivity contribution in [3.8, 4) is 0 Å². The van der Waals surface area contributed by atoms with Crippen molar-refractivity contribution in [3.05, 3.63) is 58.6 Å². The molecule has 0 radical (unpaired) electrons. The van der Waals surface area contributed by atoms with Crippen LogP contribution in [-0.4, -0.2) is 27.1 Å². The van der Waals surface area contributed by atoms with Gasteiger partial charge in [0.15, 0.2) is 11.6 Å². The molecule has 0 unspecified atom stereocenters. The van der Waals surface area contributed by atoms with Crippen LogP contribution in [0.4, 0.5) is 20.2 Å². The smallest absolute Gasteiger partial charge is 0.232 e. The van der Waals surface area contributed by atoms with Gasteiger partial charge >= 0.3 is 0 Å². The van der Waals surface area contributed by atoms with Gasteiger partial charge < -0.3 is 5.32 Å². The minimum atomic E-state index is -3.72. The highest BCUT2D eigenvalue weighted by Crippen LogP contribution is 2.22. The summed E-state index contributed by atoms with van der Waals surface area (Å²) in [7, 11) is -3.72. The molecule has 0 heterocycles. The Bertz CT molecular complexity index is 952. The van der Waals surface area contributed by atoms with Gasteiger partial charge in [-0.05, 0) is 43.2 Å². The summed E-state index contributed by atoms with van der Waals surface area (Å²) in [6.07, 6.45) is 1.20. The molecule has 2 aromatic rings. The monoisotopic (exact) mass is 416 g/mol. The van der Waals surface area contributed by atoms with E-state index in [2.05, 4.69) is 5.32 Å². The lowest BCUT2D eigenvalue weighted by atomic mass is 10.2. The van der Waals surface area contributed by atoms with Crippen LogP contribution in [0.15, 0.2) is 36.4 Å². The highest BCUT2D eigenvalue weighted by atomic mass is 35.5. The Kier molecular flexibility index (Phi) is 6.78. The molecule has 9 heteroatoms. The highest BCUT2D eigenvalue weighted by Gasteiger charge is 2.19. The van der Waals surface area contributed by atoms with Crippen LogP contribution < -0.4 is 9.62 Å². The van der Waals surface area contributed by atoms with Gasteiger partial charge in [0.05, 0.1) is 11.9 Å². The van der Waals surface area contributed by atoms with Crippen LogP contribution in [0, 0.1) is 18.6 Å². The maximum atomic E-state index is 13.4. The van der Waals surface area contributed by atoms with Gasteiger partial charge in [-0.2, -0.15) is 0 Å². The predicted octanol–water partition coefficient (Wildman–Crippen LogP) is 4.11. The molecule has 0 bridgehead atoms. The summed E-state index contributed by atoms with van der Waals surface area (Å²) in [4.78, 5) is 12.1. The van der Waals surface area contributed by atoms with E-state index in [0.717, 1.165) is 28.3 Å². The third kappa shape index (κ3) is 5.90. The molecule has 0 aliphatic heterocycles. The van der Waals surface area contributed by atoms with Crippen molar-refractivity contribution < 1.29 is 22.0 Å². The van der Waals surface area contributed by atoms with Gasteiger partial charge in [-0.25, -0.2) is 17.2 Å². The van der Waals surface area contributed by atoms with Crippen LogP contribution in [0.3, 0.4) is 0 Å². The first-order chi connectivity index (χ1) is 12.6. The summed E-state index contributed by atoms with van der Waals surface area (Å²) < 4.78 is 51.4. The van der Waals surface area contributed by atoms with E-state index in [1.165, 1.54) is 6.07 Å². The first kappa shape index (κ1) is 21.1.